The van der Waals surface area contributed by atoms with Crippen molar-refractivity contribution in [3.05, 3.63) is 22.7 Å². The number of aromatic nitrogens is 4. The predicted molar refractivity (Wildman–Crippen MR) is 83.5 cm³/mol. The minimum absolute atomic E-state index is 0.00775. The van der Waals surface area contributed by atoms with Crippen LogP contribution in [-0.2, 0) is 0 Å². The summed E-state index contributed by atoms with van der Waals surface area (Å²) in [5.74, 6) is -0.407. The number of fused-ring (bicyclic) bond motifs is 1. The van der Waals surface area contributed by atoms with Gasteiger partial charge in [0.25, 0.3) is 5.56 Å². The number of nitrogens with zero attached hydrogens (tertiary/aromatic N) is 6. The molecule has 0 amide bonds. The van der Waals surface area contributed by atoms with Crippen molar-refractivity contribution in [1.82, 2.24) is 24.4 Å². The second-order valence-corrected chi connectivity index (χ2v) is 6.04. The van der Waals surface area contributed by atoms with Crippen LogP contribution in [0.5, 0.6) is 0 Å². The van der Waals surface area contributed by atoms with Gasteiger partial charge in [0.1, 0.15) is 0 Å². The molecule has 0 aliphatic rings. The van der Waals surface area contributed by atoms with Crippen molar-refractivity contribution in [2.45, 2.75) is 20.8 Å². The molecule has 2 aromatic heterocycles. The van der Waals surface area contributed by atoms with Crippen LogP contribution in [0, 0.1) is 5.41 Å². The Labute approximate surface area is 127 Å². The minimum Gasteiger partial charge on any atom is -0.369 e. The number of carbonyl (C=O) groups excluding carboxylic acids is 1. The lowest BCUT2D eigenvalue weighted by atomic mass is 9.95. The van der Waals surface area contributed by atoms with Crippen molar-refractivity contribution < 1.29 is 4.79 Å². The van der Waals surface area contributed by atoms with Gasteiger partial charge in [-0.25, -0.2) is 19.5 Å². The van der Waals surface area contributed by atoms with Gasteiger partial charge in [-0.1, -0.05) is 20.8 Å². The molecule has 8 nitrogen and oxygen atoms in total. The summed E-state index contributed by atoms with van der Waals surface area (Å²) in [7, 11) is 3.55. The van der Waals surface area contributed by atoms with Crippen LogP contribution in [0.2, 0.25) is 0 Å². The third kappa shape index (κ3) is 3.00. The summed E-state index contributed by atoms with van der Waals surface area (Å²) in [6.45, 7) is 5.17. The van der Waals surface area contributed by atoms with Crippen LogP contribution in [0.3, 0.4) is 0 Å². The highest BCUT2D eigenvalue weighted by Crippen LogP contribution is 2.19. The summed E-state index contributed by atoms with van der Waals surface area (Å²) in [6.07, 6.45) is 4.29. The SMILES string of the molecule is CN(C)/C=N\c1nc2nccnc2c(=O)n1C(=O)C(C)(C)C. The molecule has 0 bridgehead atoms. The molecule has 0 aliphatic heterocycles. The zero-order chi connectivity index (χ0) is 16.5. The van der Waals surface area contributed by atoms with Crippen molar-refractivity contribution >= 4 is 29.4 Å². The molecule has 0 fully saturated rings. The second-order valence-electron chi connectivity index (χ2n) is 6.04. The molecule has 0 aromatic carbocycles. The largest absolute Gasteiger partial charge is 0.369 e. The summed E-state index contributed by atoms with van der Waals surface area (Å²) in [4.78, 5) is 43.1. The van der Waals surface area contributed by atoms with Crippen LogP contribution >= 0.6 is 0 Å². The Balaban J connectivity index is 2.80. The van der Waals surface area contributed by atoms with Crippen molar-refractivity contribution in [3.8, 4) is 0 Å². The Kier molecular flexibility index (Phi) is 4.03. The van der Waals surface area contributed by atoms with Crippen LogP contribution in [0.1, 0.15) is 25.6 Å². The molecular formula is C14H18N6O2. The van der Waals surface area contributed by atoms with Crippen LogP contribution in [0.15, 0.2) is 22.2 Å². The van der Waals surface area contributed by atoms with E-state index >= 15 is 0 Å². The Morgan fingerprint density at radius 3 is 2.50 bits per heavy atom. The van der Waals surface area contributed by atoms with E-state index < -0.39 is 16.9 Å². The highest BCUT2D eigenvalue weighted by molar-refractivity contribution is 5.88. The lowest BCUT2D eigenvalue weighted by Gasteiger charge is -2.18. The molecular weight excluding hydrogens is 284 g/mol. The Hall–Kier alpha value is -2.64. The molecule has 0 N–H and O–H groups in total. The number of aliphatic imine (C=N–C) groups is 1. The van der Waals surface area contributed by atoms with Gasteiger partial charge in [-0.2, -0.15) is 4.98 Å². The van der Waals surface area contributed by atoms with E-state index in [1.165, 1.54) is 18.7 Å². The van der Waals surface area contributed by atoms with Crippen LogP contribution < -0.4 is 5.56 Å². The topological polar surface area (TPSA) is 93.3 Å². The molecule has 22 heavy (non-hydrogen) atoms. The normalized spacial score (nSPS) is 12.0. The standard InChI is InChI=1S/C14H18N6O2/c1-14(2,3)12(22)20-11(21)9-10(16-7-6-15-9)18-13(20)17-8-19(4)5/h6-8H,1-5H3/b17-8-. The van der Waals surface area contributed by atoms with Crippen molar-refractivity contribution in [1.29, 1.82) is 0 Å². The fraction of sp³-hybridized carbons (Fsp3) is 0.429. The maximum absolute atomic E-state index is 12.6. The average molecular weight is 302 g/mol. The fourth-order valence-corrected chi connectivity index (χ4v) is 1.68. The van der Waals surface area contributed by atoms with Crippen LogP contribution in [0.25, 0.3) is 11.2 Å². The zero-order valence-corrected chi connectivity index (χ0v) is 13.2. The molecule has 0 unspecified atom stereocenters. The van der Waals surface area contributed by atoms with Gasteiger partial charge in [0, 0.05) is 31.9 Å². The monoisotopic (exact) mass is 302 g/mol. The predicted octanol–water partition coefficient (Wildman–Crippen LogP) is 1.09. The van der Waals surface area contributed by atoms with Crippen LogP contribution in [0.4, 0.5) is 5.95 Å². The van der Waals surface area contributed by atoms with Crippen molar-refractivity contribution in [3.63, 3.8) is 0 Å². The second kappa shape index (κ2) is 5.63. The van der Waals surface area contributed by atoms with E-state index in [-0.39, 0.29) is 17.1 Å². The van der Waals surface area contributed by atoms with E-state index in [2.05, 4.69) is 19.9 Å². The van der Waals surface area contributed by atoms with E-state index in [0.29, 0.717) is 0 Å². The van der Waals surface area contributed by atoms with E-state index in [4.69, 9.17) is 0 Å². The van der Waals surface area contributed by atoms with E-state index in [0.717, 1.165) is 4.57 Å². The molecule has 0 saturated carbocycles. The first-order chi connectivity index (χ1) is 10.2. The van der Waals surface area contributed by atoms with Gasteiger partial charge in [-0.15, -0.1) is 0 Å². The van der Waals surface area contributed by atoms with Crippen molar-refractivity contribution in [2.75, 3.05) is 14.1 Å². The first-order valence-corrected chi connectivity index (χ1v) is 6.71. The molecule has 0 radical (unpaired) electrons. The Morgan fingerprint density at radius 1 is 1.27 bits per heavy atom. The number of rotatable bonds is 2. The summed E-state index contributed by atoms with van der Waals surface area (Å²) in [5, 5.41) is 0. The highest BCUT2D eigenvalue weighted by Gasteiger charge is 2.28. The molecule has 116 valence electrons. The quantitative estimate of drug-likeness (QED) is 0.609. The first kappa shape index (κ1) is 15.7. The summed E-state index contributed by atoms with van der Waals surface area (Å²) in [6, 6.07) is 0. The molecule has 2 aromatic rings. The summed E-state index contributed by atoms with van der Waals surface area (Å²) in [5.41, 5.74) is -1.12. The van der Waals surface area contributed by atoms with Gasteiger partial charge in [0.15, 0.2) is 11.2 Å². The fourth-order valence-electron chi connectivity index (χ4n) is 1.68. The third-order valence-corrected chi connectivity index (χ3v) is 2.74. The Morgan fingerprint density at radius 2 is 1.91 bits per heavy atom. The number of carbonyl (C=O) groups is 1. The van der Waals surface area contributed by atoms with Gasteiger partial charge in [0.2, 0.25) is 11.9 Å². The van der Waals surface area contributed by atoms with Gasteiger partial charge in [-0.05, 0) is 0 Å². The van der Waals surface area contributed by atoms with Crippen molar-refractivity contribution in [2.24, 2.45) is 10.4 Å². The molecule has 0 aliphatic carbocycles. The smallest absolute Gasteiger partial charge is 0.290 e. The molecule has 0 atom stereocenters. The van der Waals surface area contributed by atoms with Gasteiger partial charge < -0.3 is 4.90 Å². The zero-order valence-electron chi connectivity index (χ0n) is 13.2. The van der Waals surface area contributed by atoms with E-state index in [1.807, 2.05) is 0 Å². The molecule has 2 rings (SSSR count). The Bertz CT molecular complexity index is 801. The minimum atomic E-state index is -0.760. The van der Waals surface area contributed by atoms with E-state index in [1.54, 1.807) is 39.8 Å². The van der Waals surface area contributed by atoms with Gasteiger partial charge >= 0.3 is 0 Å². The highest BCUT2D eigenvalue weighted by atomic mass is 16.2. The maximum Gasteiger partial charge on any atom is 0.290 e. The van der Waals surface area contributed by atoms with Crippen LogP contribution in [-0.4, -0.2) is 50.8 Å². The summed E-state index contributed by atoms with van der Waals surface area (Å²) < 4.78 is 0.955. The van der Waals surface area contributed by atoms with Gasteiger partial charge in [-0.3, -0.25) is 9.59 Å². The molecule has 0 spiro atoms. The number of hydrogen-bond acceptors (Lipinski definition) is 6. The molecule has 0 saturated heterocycles. The lowest BCUT2D eigenvalue weighted by Crippen LogP contribution is -2.36. The van der Waals surface area contributed by atoms with Gasteiger partial charge in [0.05, 0.1) is 6.34 Å². The molecule has 2 heterocycles. The third-order valence-electron chi connectivity index (χ3n) is 2.74. The molecule has 8 heteroatoms. The number of hydrogen-bond donors (Lipinski definition) is 0. The van der Waals surface area contributed by atoms with E-state index in [9.17, 15) is 9.59 Å². The summed E-state index contributed by atoms with van der Waals surface area (Å²) >= 11 is 0. The lowest BCUT2D eigenvalue weighted by molar-refractivity contribution is 0.0763. The first-order valence-electron chi connectivity index (χ1n) is 6.71. The maximum atomic E-state index is 12.6. The average Bonchev–Trinajstić information content (AvgIpc) is 2.43.